The van der Waals surface area contributed by atoms with E-state index in [0.717, 1.165) is 0 Å². The van der Waals surface area contributed by atoms with E-state index in [1.165, 1.54) is 23.1 Å². The molecule has 1 N–H and O–H groups in total. The highest BCUT2D eigenvalue weighted by Gasteiger charge is 2.49. The number of carbonyl (C=O) groups is 1. The minimum Gasteiger partial charge on any atom is -0.336 e. The molecular formula is C18H19ClF3N3O3S. The van der Waals surface area contributed by atoms with Gasteiger partial charge in [-0.1, -0.05) is 23.7 Å². The van der Waals surface area contributed by atoms with Crippen LogP contribution in [0.15, 0.2) is 29.2 Å². The van der Waals surface area contributed by atoms with E-state index in [9.17, 15) is 26.4 Å². The highest BCUT2D eigenvalue weighted by Crippen LogP contribution is 2.36. The van der Waals surface area contributed by atoms with Gasteiger partial charge in [-0.25, -0.2) is 8.42 Å². The van der Waals surface area contributed by atoms with Gasteiger partial charge in [-0.05, 0) is 31.4 Å². The van der Waals surface area contributed by atoms with Gasteiger partial charge in [-0.15, -0.1) is 0 Å². The topological polar surface area (TPSA) is 90.3 Å². The van der Waals surface area contributed by atoms with Crippen molar-refractivity contribution in [3.63, 3.8) is 0 Å². The summed E-state index contributed by atoms with van der Waals surface area (Å²) in [5.41, 5.74) is -0.994. The molecule has 0 aromatic heterocycles. The summed E-state index contributed by atoms with van der Waals surface area (Å²) in [5.74, 6) is -0.622. The van der Waals surface area contributed by atoms with Crippen LogP contribution in [-0.4, -0.2) is 55.3 Å². The zero-order valence-corrected chi connectivity index (χ0v) is 16.8. The summed E-state index contributed by atoms with van der Waals surface area (Å²) < 4.78 is 64.2. The first-order valence-corrected chi connectivity index (χ1v) is 10.9. The third kappa shape index (κ3) is 4.85. The first kappa shape index (κ1) is 21.9. The van der Waals surface area contributed by atoms with Crippen LogP contribution in [0.3, 0.4) is 0 Å². The highest BCUT2D eigenvalue weighted by atomic mass is 35.5. The molecule has 1 saturated heterocycles. The molecule has 1 amide bonds. The Balaban J connectivity index is 1.83. The molecular weight excluding hydrogens is 431 g/mol. The standard InChI is InChI=1S/C18H19ClF3N3O3S/c19-13-3-1-2-4-15(13)29(27,28)12-9-14(16(26)24-17(11-23)5-6-17)25(10-12)8-7-18(20,21)22/h1-4,12,14H,5-10H2,(H,24,26)/t12-,14+/m1/s1. The van der Waals surface area contributed by atoms with Crippen molar-refractivity contribution in [2.45, 2.75) is 53.6 Å². The second kappa shape index (κ2) is 7.78. The van der Waals surface area contributed by atoms with Gasteiger partial charge in [0.2, 0.25) is 5.91 Å². The van der Waals surface area contributed by atoms with E-state index in [1.807, 2.05) is 6.07 Å². The molecule has 1 aromatic carbocycles. The predicted molar refractivity (Wildman–Crippen MR) is 98.8 cm³/mol. The molecule has 6 nitrogen and oxygen atoms in total. The monoisotopic (exact) mass is 449 g/mol. The Kier molecular flexibility index (Phi) is 5.87. The summed E-state index contributed by atoms with van der Waals surface area (Å²) in [6.45, 7) is -0.725. The molecule has 2 atom stereocenters. The van der Waals surface area contributed by atoms with Crippen molar-refractivity contribution in [2.24, 2.45) is 0 Å². The molecule has 1 aliphatic heterocycles. The summed E-state index contributed by atoms with van der Waals surface area (Å²) in [7, 11) is -3.96. The number of benzene rings is 1. The minimum atomic E-state index is -4.44. The van der Waals surface area contributed by atoms with Crippen molar-refractivity contribution in [3.8, 4) is 6.07 Å². The number of nitriles is 1. The minimum absolute atomic E-state index is 0.0173. The smallest absolute Gasteiger partial charge is 0.336 e. The number of sulfone groups is 1. The van der Waals surface area contributed by atoms with Crippen molar-refractivity contribution in [1.82, 2.24) is 10.2 Å². The molecule has 0 spiro atoms. The zero-order chi connectivity index (χ0) is 21.4. The number of nitrogens with zero attached hydrogens (tertiary/aromatic N) is 2. The number of hydrogen-bond donors (Lipinski definition) is 1. The fourth-order valence-electron chi connectivity index (χ4n) is 3.44. The SMILES string of the molecule is N#CC1(NC(=O)[C@@H]2C[C@@H](S(=O)(=O)c3ccccc3Cl)CN2CCC(F)(F)F)CC1. The molecule has 0 bridgehead atoms. The van der Waals surface area contributed by atoms with Crippen LogP contribution in [0.4, 0.5) is 13.2 Å². The number of nitrogens with one attached hydrogen (secondary N) is 1. The Labute approximate surface area is 171 Å². The first-order valence-electron chi connectivity index (χ1n) is 9.00. The zero-order valence-electron chi connectivity index (χ0n) is 15.2. The van der Waals surface area contributed by atoms with E-state index in [4.69, 9.17) is 16.9 Å². The molecule has 11 heteroatoms. The number of halogens is 4. The molecule has 1 heterocycles. The van der Waals surface area contributed by atoms with E-state index >= 15 is 0 Å². The Morgan fingerprint density at radius 2 is 2.00 bits per heavy atom. The molecule has 29 heavy (non-hydrogen) atoms. The average Bonchev–Trinajstić information content (AvgIpc) is 3.26. The lowest BCUT2D eigenvalue weighted by Crippen LogP contribution is -2.48. The number of alkyl halides is 3. The molecule has 0 radical (unpaired) electrons. The second-order valence-electron chi connectivity index (χ2n) is 7.39. The van der Waals surface area contributed by atoms with Gasteiger partial charge in [0.15, 0.2) is 9.84 Å². The van der Waals surface area contributed by atoms with E-state index in [2.05, 4.69) is 5.32 Å². The Morgan fingerprint density at radius 1 is 1.34 bits per heavy atom. The molecule has 1 aliphatic carbocycles. The van der Waals surface area contributed by atoms with Crippen LogP contribution in [0.1, 0.15) is 25.7 Å². The van der Waals surface area contributed by atoms with E-state index < -0.39 is 51.7 Å². The summed E-state index contributed by atoms with van der Waals surface area (Å²) in [6, 6.07) is 6.74. The van der Waals surface area contributed by atoms with E-state index in [0.29, 0.717) is 12.8 Å². The molecule has 2 fully saturated rings. The Morgan fingerprint density at radius 3 is 2.55 bits per heavy atom. The lowest BCUT2D eigenvalue weighted by atomic mass is 10.1. The molecule has 158 valence electrons. The maximum absolute atomic E-state index is 13.0. The number of likely N-dealkylation sites (tertiary alicyclic amines) is 1. The van der Waals surface area contributed by atoms with Crippen molar-refractivity contribution in [1.29, 1.82) is 5.26 Å². The quantitative estimate of drug-likeness (QED) is 0.721. The van der Waals surface area contributed by atoms with Gasteiger partial charge in [0.25, 0.3) is 0 Å². The average molecular weight is 450 g/mol. The highest BCUT2D eigenvalue weighted by molar-refractivity contribution is 7.92. The van der Waals surface area contributed by atoms with Gasteiger partial charge < -0.3 is 5.32 Å². The van der Waals surface area contributed by atoms with Crippen LogP contribution >= 0.6 is 11.6 Å². The van der Waals surface area contributed by atoms with Gasteiger partial charge in [-0.2, -0.15) is 18.4 Å². The normalized spacial score (nSPS) is 24.1. The third-order valence-electron chi connectivity index (χ3n) is 5.26. The van der Waals surface area contributed by atoms with Crippen molar-refractivity contribution >= 4 is 27.3 Å². The van der Waals surface area contributed by atoms with Crippen LogP contribution in [0.5, 0.6) is 0 Å². The van der Waals surface area contributed by atoms with Crippen molar-refractivity contribution < 1.29 is 26.4 Å². The van der Waals surface area contributed by atoms with Crippen LogP contribution in [0.25, 0.3) is 0 Å². The second-order valence-corrected chi connectivity index (χ2v) is 10.00. The van der Waals surface area contributed by atoms with Crippen LogP contribution in [0.2, 0.25) is 5.02 Å². The summed E-state index contributed by atoms with van der Waals surface area (Å²) in [4.78, 5) is 13.8. The largest absolute Gasteiger partial charge is 0.390 e. The Bertz CT molecular complexity index is 942. The van der Waals surface area contributed by atoms with Gasteiger partial charge in [0.1, 0.15) is 5.54 Å². The summed E-state index contributed by atoms with van der Waals surface area (Å²) in [6.07, 6.45) is -4.85. The van der Waals surface area contributed by atoms with Crippen LogP contribution < -0.4 is 5.32 Å². The molecule has 0 unspecified atom stereocenters. The van der Waals surface area contributed by atoms with E-state index in [-0.39, 0.29) is 22.9 Å². The van der Waals surface area contributed by atoms with Crippen LogP contribution in [-0.2, 0) is 14.6 Å². The maximum atomic E-state index is 13.0. The predicted octanol–water partition coefficient (Wildman–Crippen LogP) is 2.68. The molecule has 2 aliphatic rings. The maximum Gasteiger partial charge on any atom is 0.390 e. The molecule has 3 rings (SSSR count). The van der Waals surface area contributed by atoms with Crippen molar-refractivity contribution in [2.75, 3.05) is 13.1 Å². The number of hydrogen-bond acceptors (Lipinski definition) is 5. The van der Waals surface area contributed by atoms with Gasteiger partial charge >= 0.3 is 6.18 Å². The fourth-order valence-corrected chi connectivity index (χ4v) is 5.69. The number of amides is 1. The Hall–Kier alpha value is -1.83. The first-order chi connectivity index (χ1) is 13.5. The molecule has 1 saturated carbocycles. The lowest BCUT2D eigenvalue weighted by Gasteiger charge is -2.24. The summed E-state index contributed by atoms with van der Waals surface area (Å²) in [5, 5.41) is 10.6. The lowest BCUT2D eigenvalue weighted by molar-refractivity contribution is -0.141. The number of rotatable bonds is 6. The number of carbonyl (C=O) groups excluding carboxylic acids is 1. The summed E-state index contributed by atoms with van der Waals surface area (Å²) >= 11 is 6.00. The van der Waals surface area contributed by atoms with Gasteiger partial charge in [-0.3, -0.25) is 9.69 Å². The third-order valence-corrected chi connectivity index (χ3v) is 7.89. The van der Waals surface area contributed by atoms with Crippen LogP contribution in [0, 0.1) is 11.3 Å². The van der Waals surface area contributed by atoms with Gasteiger partial charge in [0, 0.05) is 13.1 Å². The van der Waals surface area contributed by atoms with Gasteiger partial charge in [0.05, 0.1) is 33.7 Å². The molecule has 1 aromatic rings. The van der Waals surface area contributed by atoms with Crippen molar-refractivity contribution in [3.05, 3.63) is 29.3 Å². The fraction of sp³-hybridized carbons (Fsp3) is 0.556. The van der Waals surface area contributed by atoms with E-state index in [1.54, 1.807) is 6.07 Å².